The fraction of sp³-hybridized carbons (Fsp3) is 0.200. The molecule has 2 aromatic rings. The number of hydrogen-bond acceptors (Lipinski definition) is 4. The molecule has 1 amide bonds. The first kappa shape index (κ1) is 15.3. The van der Waals surface area contributed by atoms with Crippen LogP contribution in [0.5, 0.6) is 0 Å². The highest BCUT2D eigenvalue weighted by molar-refractivity contribution is 6.34. The van der Waals surface area contributed by atoms with Crippen LogP contribution in [-0.2, 0) is 6.61 Å². The standard InChI is InChI=1S/C15H16ClN3O2/c1-2-17-14-7-12(13(16)8-18-14)15(21)19-11-5-3-10(9-20)4-6-11/h3-8,20H,2,9H2,1H3,(H,17,18)(H,19,21). The molecule has 0 radical (unpaired) electrons. The number of amides is 1. The molecule has 0 aliphatic rings. The van der Waals surface area contributed by atoms with Gasteiger partial charge in [0.15, 0.2) is 0 Å². The van der Waals surface area contributed by atoms with E-state index in [-0.39, 0.29) is 12.5 Å². The first-order chi connectivity index (χ1) is 10.1. The molecule has 2 rings (SSSR count). The molecule has 0 saturated heterocycles. The van der Waals surface area contributed by atoms with E-state index in [1.165, 1.54) is 6.20 Å². The van der Waals surface area contributed by atoms with Gasteiger partial charge in [-0.05, 0) is 30.7 Å². The Hall–Kier alpha value is -2.11. The van der Waals surface area contributed by atoms with Crippen molar-refractivity contribution in [1.82, 2.24) is 4.98 Å². The average Bonchev–Trinajstić information content (AvgIpc) is 2.50. The van der Waals surface area contributed by atoms with Crippen molar-refractivity contribution in [2.24, 2.45) is 0 Å². The van der Waals surface area contributed by atoms with Gasteiger partial charge in [-0.2, -0.15) is 0 Å². The summed E-state index contributed by atoms with van der Waals surface area (Å²) in [5, 5.41) is 15.1. The third kappa shape index (κ3) is 3.93. The zero-order chi connectivity index (χ0) is 15.2. The largest absolute Gasteiger partial charge is 0.392 e. The highest BCUT2D eigenvalue weighted by Crippen LogP contribution is 2.20. The van der Waals surface area contributed by atoms with Crippen LogP contribution in [-0.4, -0.2) is 22.5 Å². The molecule has 1 aromatic heterocycles. The van der Waals surface area contributed by atoms with E-state index < -0.39 is 0 Å². The third-order valence-electron chi connectivity index (χ3n) is 2.85. The van der Waals surface area contributed by atoms with Crippen LogP contribution in [0.4, 0.5) is 11.5 Å². The number of pyridine rings is 1. The van der Waals surface area contributed by atoms with Gasteiger partial charge in [0.1, 0.15) is 5.82 Å². The van der Waals surface area contributed by atoms with Crippen LogP contribution in [0.1, 0.15) is 22.8 Å². The van der Waals surface area contributed by atoms with Crippen LogP contribution in [0, 0.1) is 0 Å². The number of benzene rings is 1. The second-order valence-electron chi connectivity index (χ2n) is 4.39. The van der Waals surface area contributed by atoms with Gasteiger partial charge in [0, 0.05) is 18.4 Å². The Kier molecular flexibility index (Phi) is 5.14. The molecule has 0 unspecified atom stereocenters. The number of anilines is 2. The quantitative estimate of drug-likeness (QED) is 0.794. The van der Waals surface area contributed by atoms with Crippen molar-refractivity contribution in [1.29, 1.82) is 0 Å². The summed E-state index contributed by atoms with van der Waals surface area (Å²) in [6, 6.07) is 8.55. The van der Waals surface area contributed by atoms with Crippen LogP contribution < -0.4 is 10.6 Å². The van der Waals surface area contributed by atoms with E-state index >= 15 is 0 Å². The van der Waals surface area contributed by atoms with Crippen molar-refractivity contribution in [2.45, 2.75) is 13.5 Å². The van der Waals surface area contributed by atoms with E-state index in [9.17, 15) is 4.79 Å². The van der Waals surface area contributed by atoms with E-state index in [0.717, 1.165) is 5.56 Å². The summed E-state index contributed by atoms with van der Waals surface area (Å²) < 4.78 is 0. The summed E-state index contributed by atoms with van der Waals surface area (Å²) in [6.45, 7) is 2.62. The predicted octanol–water partition coefficient (Wildman–Crippen LogP) is 2.91. The van der Waals surface area contributed by atoms with Crippen molar-refractivity contribution in [3.8, 4) is 0 Å². The van der Waals surface area contributed by atoms with E-state index in [2.05, 4.69) is 15.6 Å². The molecule has 0 saturated carbocycles. The fourth-order valence-electron chi connectivity index (χ4n) is 1.78. The van der Waals surface area contributed by atoms with Crippen LogP contribution >= 0.6 is 11.6 Å². The minimum absolute atomic E-state index is 0.0313. The Bertz CT molecular complexity index is 629. The van der Waals surface area contributed by atoms with Gasteiger partial charge in [0.2, 0.25) is 0 Å². The molecule has 5 nitrogen and oxygen atoms in total. The number of hydrogen-bond donors (Lipinski definition) is 3. The van der Waals surface area contributed by atoms with Gasteiger partial charge in [-0.3, -0.25) is 4.79 Å². The van der Waals surface area contributed by atoms with E-state index in [1.54, 1.807) is 30.3 Å². The van der Waals surface area contributed by atoms with Crippen molar-refractivity contribution in [3.05, 3.63) is 52.7 Å². The molecule has 0 atom stereocenters. The summed E-state index contributed by atoms with van der Waals surface area (Å²) in [4.78, 5) is 16.3. The number of halogens is 1. The molecule has 1 heterocycles. The number of nitrogens with one attached hydrogen (secondary N) is 2. The summed E-state index contributed by atoms with van der Waals surface area (Å²) >= 11 is 6.02. The molecule has 0 aliphatic carbocycles. The van der Waals surface area contributed by atoms with E-state index in [4.69, 9.17) is 16.7 Å². The van der Waals surface area contributed by atoms with E-state index in [1.807, 2.05) is 6.92 Å². The molecular formula is C15H16ClN3O2. The summed E-state index contributed by atoms with van der Waals surface area (Å²) in [6.07, 6.45) is 1.45. The summed E-state index contributed by atoms with van der Waals surface area (Å²) in [7, 11) is 0. The van der Waals surface area contributed by atoms with Crippen molar-refractivity contribution in [3.63, 3.8) is 0 Å². The lowest BCUT2D eigenvalue weighted by molar-refractivity contribution is 0.102. The molecule has 0 aliphatic heterocycles. The molecule has 0 bridgehead atoms. The Morgan fingerprint density at radius 2 is 2.05 bits per heavy atom. The lowest BCUT2D eigenvalue weighted by atomic mass is 10.2. The number of carbonyl (C=O) groups is 1. The first-order valence-electron chi connectivity index (χ1n) is 6.54. The molecule has 6 heteroatoms. The smallest absolute Gasteiger partial charge is 0.257 e. The Balaban J connectivity index is 2.17. The number of aliphatic hydroxyl groups excluding tert-OH is 1. The number of nitrogens with zero attached hydrogens (tertiary/aromatic N) is 1. The van der Waals surface area contributed by atoms with E-state index in [0.29, 0.717) is 28.6 Å². The predicted molar refractivity (Wildman–Crippen MR) is 83.7 cm³/mol. The normalized spacial score (nSPS) is 10.2. The first-order valence-corrected chi connectivity index (χ1v) is 6.92. The Labute approximate surface area is 128 Å². The maximum atomic E-state index is 12.2. The molecule has 3 N–H and O–H groups in total. The van der Waals surface area contributed by atoms with Crippen molar-refractivity contribution >= 4 is 29.0 Å². The molecule has 110 valence electrons. The lowest BCUT2D eigenvalue weighted by Gasteiger charge is -2.09. The minimum Gasteiger partial charge on any atom is -0.392 e. The molecule has 0 fully saturated rings. The highest BCUT2D eigenvalue weighted by Gasteiger charge is 2.12. The van der Waals surface area contributed by atoms with Gasteiger partial charge in [-0.15, -0.1) is 0 Å². The second-order valence-corrected chi connectivity index (χ2v) is 4.80. The number of aliphatic hydroxyl groups is 1. The van der Waals surface area contributed by atoms with Crippen LogP contribution in [0.25, 0.3) is 0 Å². The lowest BCUT2D eigenvalue weighted by Crippen LogP contribution is -2.13. The maximum Gasteiger partial charge on any atom is 0.257 e. The molecule has 0 spiro atoms. The average molecular weight is 306 g/mol. The van der Waals surface area contributed by atoms with Crippen LogP contribution in [0.2, 0.25) is 5.02 Å². The monoisotopic (exact) mass is 305 g/mol. The minimum atomic E-state index is -0.307. The Morgan fingerprint density at radius 1 is 1.33 bits per heavy atom. The number of aromatic nitrogens is 1. The molecule has 1 aromatic carbocycles. The Morgan fingerprint density at radius 3 is 2.67 bits per heavy atom. The molecular weight excluding hydrogens is 290 g/mol. The zero-order valence-electron chi connectivity index (χ0n) is 11.6. The van der Waals surface area contributed by atoms with Gasteiger partial charge in [0.05, 0.1) is 17.2 Å². The number of rotatable bonds is 5. The number of carbonyl (C=O) groups excluding carboxylic acids is 1. The zero-order valence-corrected chi connectivity index (χ0v) is 12.3. The summed E-state index contributed by atoms with van der Waals surface area (Å²) in [5.41, 5.74) is 1.77. The van der Waals surface area contributed by atoms with Gasteiger partial charge in [-0.1, -0.05) is 23.7 Å². The van der Waals surface area contributed by atoms with Gasteiger partial charge in [-0.25, -0.2) is 4.98 Å². The second kappa shape index (κ2) is 7.06. The van der Waals surface area contributed by atoms with Crippen molar-refractivity contribution < 1.29 is 9.90 Å². The highest BCUT2D eigenvalue weighted by atomic mass is 35.5. The SMILES string of the molecule is CCNc1cc(C(=O)Nc2ccc(CO)cc2)c(Cl)cn1. The molecule has 21 heavy (non-hydrogen) atoms. The van der Waals surface area contributed by atoms with Crippen LogP contribution in [0.3, 0.4) is 0 Å². The third-order valence-corrected chi connectivity index (χ3v) is 3.15. The van der Waals surface area contributed by atoms with Crippen LogP contribution in [0.15, 0.2) is 36.5 Å². The summed E-state index contributed by atoms with van der Waals surface area (Å²) in [5.74, 6) is 0.293. The van der Waals surface area contributed by atoms with Gasteiger partial charge < -0.3 is 15.7 Å². The van der Waals surface area contributed by atoms with Gasteiger partial charge >= 0.3 is 0 Å². The fourth-order valence-corrected chi connectivity index (χ4v) is 1.97. The van der Waals surface area contributed by atoms with Gasteiger partial charge in [0.25, 0.3) is 5.91 Å². The van der Waals surface area contributed by atoms with Crippen molar-refractivity contribution in [2.75, 3.05) is 17.2 Å². The maximum absolute atomic E-state index is 12.2. The topological polar surface area (TPSA) is 74.2 Å².